The van der Waals surface area contributed by atoms with E-state index in [0.717, 1.165) is 22.7 Å². The van der Waals surface area contributed by atoms with Gasteiger partial charge in [-0.2, -0.15) is 4.31 Å². The molecule has 0 saturated heterocycles. The smallest absolute Gasteiger partial charge is 0.252 e. The Hall–Kier alpha value is -1.31. The van der Waals surface area contributed by atoms with Gasteiger partial charge in [-0.3, -0.25) is 0 Å². The van der Waals surface area contributed by atoms with Crippen molar-refractivity contribution >= 4 is 27.0 Å². The van der Waals surface area contributed by atoms with Crippen LogP contribution in [0.3, 0.4) is 0 Å². The van der Waals surface area contributed by atoms with Gasteiger partial charge >= 0.3 is 0 Å². The third kappa shape index (κ3) is 2.43. The molecule has 2 heterocycles. The highest BCUT2D eigenvalue weighted by Gasteiger charge is 2.23. The first-order chi connectivity index (χ1) is 8.41. The molecule has 2 aromatic heterocycles. The second-order valence-electron chi connectivity index (χ2n) is 3.96. The normalized spacial score (nSPS) is 12.2. The van der Waals surface area contributed by atoms with Gasteiger partial charge in [-0.05, 0) is 19.1 Å². The molecule has 0 aliphatic rings. The van der Waals surface area contributed by atoms with Gasteiger partial charge in [-0.15, -0.1) is 11.3 Å². The van der Waals surface area contributed by atoms with Crippen molar-refractivity contribution in [1.82, 2.24) is 4.31 Å². The van der Waals surface area contributed by atoms with Gasteiger partial charge in [0.2, 0.25) is 0 Å². The summed E-state index contributed by atoms with van der Waals surface area (Å²) >= 11 is 1.12. The summed E-state index contributed by atoms with van der Waals surface area (Å²) in [7, 11) is -1.94. The van der Waals surface area contributed by atoms with Crippen LogP contribution in [0.1, 0.15) is 11.3 Å². The molecule has 0 spiro atoms. The van der Waals surface area contributed by atoms with Crippen LogP contribution in [0, 0.1) is 6.92 Å². The molecule has 0 unspecified atom stereocenters. The third-order valence-corrected chi connectivity index (χ3v) is 5.86. The molecule has 0 radical (unpaired) electrons. The van der Waals surface area contributed by atoms with Crippen LogP contribution in [0.4, 0.5) is 5.69 Å². The average Bonchev–Trinajstić information content (AvgIpc) is 2.89. The molecule has 98 valence electrons. The van der Waals surface area contributed by atoms with Crippen molar-refractivity contribution in [3.8, 4) is 0 Å². The molecular weight excluding hydrogens is 272 g/mol. The fourth-order valence-corrected chi connectivity index (χ4v) is 3.96. The van der Waals surface area contributed by atoms with Gasteiger partial charge < -0.3 is 10.2 Å². The van der Waals surface area contributed by atoms with Gasteiger partial charge in [-0.1, -0.05) is 0 Å². The molecule has 0 atom stereocenters. The molecule has 0 fully saturated rings. The first-order valence-corrected chi connectivity index (χ1v) is 7.56. The van der Waals surface area contributed by atoms with Crippen LogP contribution >= 0.6 is 11.3 Å². The number of nitrogens with two attached hydrogens (primary N) is 1. The lowest BCUT2D eigenvalue weighted by Gasteiger charge is -2.15. The van der Waals surface area contributed by atoms with E-state index < -0.39 is 10.0 Å². The van der Waals surface area contributed by atoms with E-state index in [1.54, 1.807) is 24.6 Å². The predicted molar refractivity (Wildman–Crippen MR) is 70.8 cm³/mol. The number of rotatable bonds is 4. The van der Waals surface area contributed by atoms with Gasteiger partial charge in [0.15, 0.2) is 0 Å². The summed E-state index contributed by atoms with van der Waals surface area (Å²) in [4.78, 5) is 0. The molecule has 18 heavy (non-hydrogen) atoms. The van der Waals surface area contributed by atoms with Crippen molar-refractivity contribution in [3.63, 3.8) is 0 Å². The Kier molecular flexibility index (Phi) is 3.47. The van der Waals surface area contributed by atoms with E-state index in [2.05, 4.69) is 0 Å². The summed E-state index contributed by atoms with van der Waals surface area (Å²) < 4.78 is 31.2. The molecule has 0 amide bonds. The Morgan fingerprint density at radius 2 is 2.22 bits per heavy atom. The summed E-state index contributed by atoms with van der Waals surface area (Å²) in [6, 6.07) is 3.24. The minimum atomic E-state index is -3.48. The summed E-state index contributed by atoms with van der Waals surface area (Å²) in [5, 5.41) is 1.61. The third-order valence-electron chi connectivity index (χ3n) is 2.62. The fourth-order valence-electron chi connectivity index (χ4n) is 1.52. The number of aryl methyl sites for hydroxylation is 1. The van der Waals surface area contributed by atoms with Crippen molar-refractivity contribution in [2.75, 3.05) is 12.8 Å². The summed E-state index contributed by atoms with van der Waals surface area (Å²) in [5.74, 6) is 0.725. The van der Waals surface area contributed by atoms with Gasteiger partial charge in [0.05, 0.1) is 6.26 Å². The van der Waals surface area contributed by atoms with Crippen LogP contribution in [-0.4, -0.2) is 19.8 Å². The zero-order chi connectivity index (χ0) is 13.3. The maximum absolute atomic E-state index is 12.2. The number of hydrogen-bond donors (Lipinski definition) is 1. The lowest BCUT2D eigenvalue weighted by molar-refractivity contribution is 0.460. The number of anilines is 1. The lowest BCUT2D eigenvalue weighted by atomic mass is 10.3. The minimum Gasteiger partial charge on any atom is -0.469 e. The van der Waals surface area contributed by atoms with E-state index in [1.807, 2.05) is 0 Å². The maximum Gasteiger partial charge on any atom is 0.252 e. The van der Waals surface area contributed by atoms with Gasteiger partial charge in [0.1, 0.15) is 9.97 Å². The second kappa shape index (κ2) is 4.75. The van der Waals surface area contributed by atoms with Crippen LogP contribution in [0.5, 0.6) is 0 Å². The molecule has 0 aliphatic carbocycles. The molecule has 7 heteroatoms. The van der Waals surface area contributed by atoms with Crippen molar-refractivity contribution < 1.29 is 12.8 Å². The van der Waals surface area contributed by atoms with Crippen molar-refractivity contribution in [2.45, 2.75) is 17.7 Å². The number of thiophene rings is 1. The number of nitrogens with zero attached hydrogens (tertiary/aromatic N) is 1. The SMILES string of the molecule is Cc1occc1CN(C)S(=O)(=O)c1cc(N)cs1. The first kappa shape index (κ1) is 13.1. The van der Waals surface area contributed by atoms with Crippen molar-refractivity contribution in [1.29, 1.82) is 0 Å². The van der Waals surface area contributed by atoms with E-state index in [-0.39, 0.29) is 10.8 Å². The topological polar surface area (TPSA) is 76.5 Å². The molecule has 2 aromatic rings. The van der Waals surface area contributed by atoms with Gasteiger partial charge in [0, 0.05) is 30.2 Å². The molecule has 0 bridgehead atoms. The number of sulfonamides is 1. The van der Waals surface area contributed by atoms with E-state index >= 15 is 0 Å². The average molecular weight is 286 g/mol. The van der Waals surface area contributed by atoms with E-state index in [9.17, 15) is 8.42 Å². The molecule has 5 nitrogen and oxygen atoms in total. The quantitative estimate of drug-likeness (QED) is 0.933. The summed E-state index contributed by atoms with van der Waals surface area (Å²) in [5.41, 5.74) is 6.86. The van der Waals surface area contributed by atoms with Crippen LogP contribution in [0.25, 0.3) is 0 Å². The predicted octanol–water partition coefficient (Wildman–Crippen LogP) is 2.05. The Labute approximate surface area is 110 Å². The molecule has 2 N–H and O–H groups in total. The highest BCUT2D eigenvalue weighted by atomic mass is 32.2. The molecule has 0 saturated carbocycles. The maximum atomic E-state index is 12.2. The number of hydrogen-bond acceptors (Lipinski definition) is 5. The Morgan fingerprint density at radius 1 is 1.50 bits per heavy atom. The summed E-state index contributed by atoms with van der Waals surface area (Å²) in [6.45, 7) is 2.08. The van der Waals surface area contributed by atoms with Gasteiger partial charge in [0.25, 0.3) is 10.0 Å². The van der Waals surface area contributed by atoms with Crippen molar-refractivity contribution in [3.05, 3.63) is 35.1 Å². The van der Waals surface area contributed by atoms with E-state index in [1.165, 1.54) is 17.4 Å². The zero-order valence-corrected chi connectivity index (χ0v) is 11.7. The highest BCUT2D eigenvalue weighted by Crippen LogP contribution is 2.25. The summed E-state index contributed by atoms with van der Waals surface area (Å²) in [6.07, 6.45) is 1.55. The minimum absolute atomic E-state index is 0.253. The standard InChI is InChI=1S/C11H14N2O3S2/c1-8-9(3-4-16-8)6-13(2)18(14,15)11-5-10(12)7-17-11/h3-5,7H,6,12H2,1-2H3. The van der Waals surface area contributed by atoms with Crippen LogP contribution in [0.15, 0.2) is 32.4 Å². The molecule has 0 aliphatic heterocycles. The lowest BCUT2D eigenvalue weighted by Crippen LogP contribution is -2.25. The van der Waals surface area contributed by atoms with E-state index in [0.29, 0.717) is 5.69 Å². The van der Waals surface area contributed by atoms with Crippen LogP contribution < -0.4 is 5.73 Å². The molecule has 2 rings (SSSR count). The Morgan fingerprint density at radius 3 is 2.72 bits per heavy atom. The Bertz CT molecular complexity index is 643. The van der Waals surface area contributed by atoms with Crippen LogP contribution in [0.2, 0.25) is 0 Å². The molecular formula is C11H14N2O3S2. The fraction of sp³-hybridized carbons (Fsp3) is 0.273. The monoisotopic (exact) mass is 286 g/mol. The number of furan rings is 1. The first-order valence-electron chi connectivity index (χ1n) is 5.24. The second-order valence-corrected chi connectivity index (χ2v) is 7.15. The molecule has 0 aromatic carbocycles. The largest absolute Gasteiger partial charge is 0.469 e. The zero-order valence-electron chi connectivity index (χ0n) is 10.1. The van der Waals surface area contributed by atoms with Gasteiger partial charge in [-0.25, -0.2) is 8.42 Å². The van der Waals surface area contributed by atoms with Crippen molar-refractivity contribution in [2.24, 2.45) is 0 Å². The van der Waals surface area contributed by atoms with Crippen LogP contribution in [-0.2, 0) is 16.6 Å². The number of nitrogen functional groups attached to an aromatic ring is 1. The van der Waals surface area contributed by atoms with E-state index in [4.69, 9.17) is 10.2 Å². The Balaban J connectivity index is 2.23. The highest BCUT2D eigenvalue weighted by molar-refractivity contribution is 7.91.